The summed E-state index contributed by atoms with van der Waals surface area (Å²) in [7, 11) is 1.64. The van der Waals surface area contributed by atoms with Gasteiger partial charge in [0.05, 0.1) is 19.8 Å². The SMILES string of the molecule is COc1ccc(OCCC2COC(N)=N2)cc1. The number of amidine groups is 1. The first-order valence-electron chi connectivity index (χ1n) is 5.51. The Morgan fingerprint density at radius 2 is 2.06 bits per heavy atom. The van der Waals surface area contributed by atoms with Gasteiger partial charge in [0, 0.05) is 6.42 Å². The minimum atomic E-state index is 0.119. The Morgan fingerprint density at radius 1 is 1.35 bits per heavy atom. The first kappa shape index (κ1) is 11.6. The summed E-state index contributed by atoms with van der Waals surface area (Å²) in [5.41, 5.74) is 5.41. The lowest BCUT2D eigenvalue weighted by Crippen LogP contribution is -2.12. The molecule has 2 N–H and O–H groups in total. The summed E-state index contributed by atoms with van der Waals surface area (Å²) in [6.07, 6.45) is 0.798. The van der Waals surface area contributed by atoms with Crippen LogP contribution in [0.5, 0.6) is 11.5 Å². The van der Waals surface area contributed by atoms with E-state index >= 15 is 0 Å². The van der Waals surface area contributed by atoms with E-state index in [2.05, 4.69) is 4.99 Å². The Hall–Kier alpha value is -1.91. The second-order valence-electron chi connectivity index (χ2n) is 3.74. The molecule has 1 unspecified atom stereocenters. The van der Waals surface area contributed by atoms with E-state index < -0.39 is 0 Å². The summed E-state index contributed by atoms with van der Waals surface area (Å²) in [6, 6.07) is 7.88. The molecule has 1 aliphatic heterocycles. The van der Waals surface area contributed by atoms with Crippen LogP contribution in [0.15, 0.2) is 29.3 Å². The Kier molecular flexibility index (Phi) is 3.69. The van der Waals surface area contributed by atoms with Crippen LogP contribution in [-0.4, -0.2) is 32.4 Å². The third-order valence-corrected chi connectivity index (χ3v) is 2.51. The molecule has 0 radical (unpaired) electrons. The van der Waals surface area contributed by atoms with Gasteiger partial charge >= 0.3 is 0 Å². The lowest BCUT2D eigenvalue weighted by atomic mass is 10.2. The van der Waals surface area contributed by atoms with Crippen LogP contribution >= 0.6 is 0 Å². The van der Waals surface area contributed by atoms with Gasteiger partial charge in [-0.05, 0) is 24.3 Å². The molecule has 5 heteroatoms. The summed E-state index contributed by atoms with van der Waals surface area (Å²) in [5, 5.41) is 0. The van der Waals surface area contributed by atoms with Gasteiger partial charge in [0.1, 0.15) is 18.1 Å². The van der Waals surface area contributed by atoms with Crippen molar-refractivity contribution in [2.75, 3.05) is 20.3 Å². The lowest BCUT2D eigenvalue weighted by Gasteiger charge is -2.08. The van der Waals surface area contributed by atoms with E-state index in [1.54, 1.807) is 7.11 Å². The van der Waals surface area contributed by atoms with Crippen LogP contribution in [0.1, 0.15) is 6.42 Å². The number of benzene rings is 1. The highest BCUT2D eigenvalue weighted by Crippen LogP contribution is 2.17. The normalized spacial score (nSPS) is 18.4. The molecule has 0 saturated heterocycles. The average molecular weight is 236 g/mol. The van der Waals surface area contributed by atoms with E-state index in [1.165, 1.54) is 0 Å². The van der Waals surface area contributed by atoms with Gasteiger partial charge in [0.15, 0.2) is 0 Å². The molecule has 0 aromatic heterocycles. The van der Waals surface area contributed by atoms with Crippen molar-refractivity contribution in [2.24, 2.45) is 10.7 Å². The number of hydrogen-bond donors (Lipinski definition) is 1. The fraction of sp³-hybridized carbons (Fsp3) is 0.417. The fourth-order valence-electron chi connectivity index (χ4n) is 1.57. The van der Waals surface area contributed by atoms with Crippen LogP contribution in [0.3, 0.4) is 0 Å². The Bertz CT molecular complexity index is 389. The minimum Gasteiger partial charge on any atom is -0.497 e. The van der Waals surface area contributed by atoms with E-state index in [9.17, 15) is 0 Å². The second kappa shape index (κ2) is 5.43. The van der Waals surface area contributed by atoms with Gasteiger partial charge in [-0.1, -0.05) is 0 Å². The van der Waals surface area contributed by atoms with Crippen molar-refractivity contribution in [2.45, 2.75) is 12.5 Å². The summed E-state index contributed by atoms with van der Waals surface area (Å²) >= 11 is 0. The van der Waals surface area contributed by atoms with Crippen LogP contribution in [0.2, 0.25) is 0 Å². The summed E-state index contributed by atoms with van der Waals surface area (Å²) in [6.45, 7) is 1.15. The van der Waals surface area contributed by atoms with Gasteiger partial charge in [-0.3, -0.25) is 0 Å². The fourth-order valence-corrected chi connectivity index (χ4v) is 1.57. The molecule has 0 amide bonds. The van der Waals surface area contributed by atoms with Crippen molar-refractivity contribution in [3.05, 3.63) is 24.3 Å². The monoisotopic (exact) mass is 236 g/mol. The first-order valence-corrected chi connectivity index (χ1v) is 5.51. The maximum Gasteiger partial charge on any atom is 0.282 e. The number of ether oxygens (including phenoxy) is 3. The van der Waals surface area contributed by atoms with Gasteiger partial charge in [-0.2, -0.15) is 0 Å². The molecule has 1 aromatic carbocycles. The van der Waals surface area contributed by atoms with Gasteiger partial charge in [-0.25, -0.2) is 4.99 Å². The number of rotatable bonds is 5. The molecular weight excluding hydrogens is 220 g/mol. The van der Waals surface area contributed by atoms with Gasteiger partial charge < -0.3 is 19.9 Å². The quantitative estimate of drug-likeness (QED) is 0.833. The molecule has 5 nitrogen and oxygen atoms in total. The molecule has 1 aromatic rings. The Morgan fingerprint density at radius 3 is 2.65 bits per heavy atom. The highest BCUT2D eigenvalue weighted by atomic mass is 16.5. The van der Waals surface area contributed by atoms with E-state index in [0.717, 1.165) is 17.9 Å². The predicted octanol–water partition coefficient (Wildman–Crippen LogP) is 1.18. The smallest absolute Gasteiger partial charge is 0.282 e. The number of aliphatic imine (C=N–C) groups is 1. The zero-order chi connectivity index (χ0) is 12.1. The molecule has 92 valence electrons. The van der Waals surface area contributed by atoms with Crippen molar-refractivity contribution in [3.8, 4) is 11.5 Å². The van der Waals surface area contributed by atoms with Gasteiger partial charge in [0.2, 0.25) is 0 Å². The van der Waals surface area contributed by atoms with Crippen LogP contribution in [0, 0.1) is 0 Å². The zero-order valence-corrected chi connectivity index (χ0v) is 9.76. The molecule has 2 rings (SSSR count). The molecule has 0 fully saturated rings. The molecule has 1 atom stereocenters. The molecule has 0 bridgehead atoms. The number of nitrogens with zero attached hydrogens (tertiary/aromatic N) is 1. The van der Waals surface area contributed by atoms with E-state index in [0.29, 0.717) is 13.2 Å². The third kappa shape index (κ3) is 3.27. The summed E-state index contributed by atoms with van der Waals surface area (Å²) < 4.78 is 15.7. The minimum absolute atomic E-state index is 0.119. The van der Waals surface area contributed by atoms with Crippen LogP contribution in [0.25, 0.3) is 0 Å². The van der Waals surface area contributed by atoms with Gasteiger partial charge in [0.25, 0.3) is 6.02 Å². The molecule has 0 saturated carbocycles. The van der Waals surface area contributed by atoms with Gasteiger partial charge in [-0.15, -0.1) is 0 Å². The maximum absolute atomic E-state index is 5.58. The Labute approximate surface area is 100 Å². The molecule has 0 aliphatic carbocycles. The number of hydrogen-bond acceptors (Lipinski definition) is 5. The lowest BCUT2D eigenvalue weighted by molar-refractivity contribution is 0.263. The van der Waals surface area contributed by atoms with E-state index in [1.807, 2.05) is 24.3 Å². The first-order chi connectivity index (χ1) is 8.28. The average Bonchev–Trinajstić information content (AvgIpc) is 2.76. The van der Waals surface area contributed by atoms with Crippen LogP contribution in [0.4, 0.5) is 0 Å². The molecular formula is C12H16N2O3. The van der Waals surface area contributed by atoms with Crippen molar-refractivity contribution >= 4 is 6.02 Å². The molecule has 1 aliphatic rings. The highest BCUT2D eigenvalue weighted by Gasteiger charge is 2.16. The number of methoxy groups -OCH3 is 1. The summed E-state index contributed by atoms with van der Waals surface area (Å²) in [5.74, 6) is 1.64. The number of nitrogens with two attached hydrogens (primary N) is 1. The third-order valence-electron chi connectivity index (χ3n) is 2.51. The van der Waals surface area contributed by atoms with Crippen molar-refractivity contribution in [1.29, 1.82) is 0 Å². The van der Waals surface area contributed by atoms with Crippen molar-refractivity contribution in [3.63, 3.8) is 0 Å². The summed E-state index contributed by atoms with van der Waals surface area (Å²) in [4.78, 5) is 4.12. The molecule has 17 heavy (non-hydrogen) atoms. The van der Waals surface area contributed by atoms with Crippen molar-refractivity contribution < 1.29 is 14.2 Å². The topological polar surface area (TPSA) is 66.1 Å². The van der Waals surface area contributed by atoms with E-state index in [4.69, 9.17) is 19.9 Å². The highest BCUT2D eigenvalue weighted by molar-refractivity contribution is 5.72. The maximum atomic E-state index is 5.58. The molecule has 1 heterocycles. The van der Waals surface area contributed by atoms with E-state index in [-0.39, 0.29) is 12.1 Å². The Balaban J connectivity index is 1.74. The molecule has 0 spiro atoms. The zero-order valence-electron chi connectivity index (χ0n) is 9.76. The standard InChI is InChI=1S/C12H16N2O3/c1-15-10-2-4-11(5-3-10)16-7-6-9-8-17-12(13)14-9/h2-5,9H,6-8H2,1H3,(H2,13,14). The van der Waals surface area contributed by atoms with Crippen molar-refractivity contribution in [1.82, 2.24) is 0 Å². The largest absolute Gasteiger partial charge is 0.497 e. The van der Waals surface area contributed by atoms with Crippen LogP contribution in [-0.2, 0) is 4.74 Å². The van der Waals surface area contributed by atoms with Crippen LogP contribution < -0.4 is 15.2 Å². The second-order valence-corrected chi connectivity index (χ2v) is 3.74. The predicted molar refractivity (Wildman–Crippen MR) is 64.5 cm³/mol.